The lowest BCUT2D eigenvalue weighted by atomic mass is 9.98. The maximum Gasteiger partial charge on any atom is 0.339 e. The number of carbonyl (C=O) groups is 2. The predicted molar refractivity (Wildman–Crippen MR) is 90.6 cm³/mol. The van der Waals surface area contributed by atoms with Crippen molar-refractivity contribution >= 4 is 29.2 Å². The highest BCUT2D eigenvalue weighted by molar-refractivity contribution is 6.31. The van der Waals surface area contributed by atoms with Crippen molar-refractivity contribution in [3.8, 4) is 5.75 Å². The Morgan fingerprint density at radius 1 is 1.33 bits per heavy atom. The summed E-state index contributed by atoms with van der Waals surface area (Å²) < 4.78 is 10.7. The van der Waals surface area contributed by atoms with Crippen molar-refractivity contribution in [3.05, 3.63) is 58.6 Å². The second-order valence-corrected chi connectivity index (χ2v) is 5.75. The number of esters is 1. The second-order valence-electron chi connectivity index (χ2n) is 5.32. The second kappa shape index (κ2) is 6.93. The Labute approximate surface area is 144 Å². The molecule has 5 nitrogen and oxygen atoms in total. The van der Waals surface area contributed by atoms with Crippen molar-refractivity contribution in [1.82, 2.24) is 0 Å². The van der Waals surface area contributed by atoms with Gasteiger partial charge in [-0.2, -0.15) is 0 Å². The molecule has 24 heavy (non-hydrogen) atoms. The van der Waals surface area contributed by atoms with Crippen LogP contribution < -0.4 is 10.1 Å². The fourth-order valence-electron chi connectivity index (χ4n) is 2.56. The van der Waals surface area contributed by atoms with Gasteiger partial charge in [0.15, 0.2) is 6.10 Å². The largest absolute Gasteiger partial charge is 0.492 e. The van der Waals surface area contributed by atoms with E-state index in [1.165, 1.54) is 0 Å². The molecule has 124 valence electrons. The first-order valence-corrected chi connectivity index (χ1v) is 7.98. The fourth-order valence-corrected chi connectivity index (χ4v) is 2.73. The van der Waals surface area contributed by atoms with E-state index in [1.54, 1.807) is 36.4 Å². The number of ether oxygens (including phenoxy) is 2. The van der Waals surface area contributed by atoms with Crippen LogP contribution in [0.25, 0.3) is 0 Å². The lowest BCUT2D eigenvalue weighted by Crippen LogP contribution is -2.38. The topological polar surface area (TPSA) is 64.6 Å². The highest BCUT2D eigenvalue weighted by Crippen LogP contribution is 2.27. The molecule has 2 aromatic rings. The fraction of sp³-hybridized carbons (Fsp3) is 0.222. The zero-order valence-electron chi connectivity index (χ0n) is 13.0. The number of halogens is 1. The van der Waals surface area contributed by atoms with Gasteiger partial charge >= 0.3 is 5.97 Å². The maximum absolute atomic E-state index is 12.5. The Morgan fingerprint density at radius 3 is 2.92 bits per heavy atom. The van der Waals surface area contributed by atoms with E-state index >= 15 is 0 Å². The van der Waals surface area contributed by atoms with Gasteiger partial charge in [0.2, 0.25) is 0 Å². The molecule has 0 aliphatic carbocycles. The third-order valence-corrected chi connectivity index (χ3v) is 3.92. The minimum Gasteiger partial charge on any atom is -0.492 e. The Kier molecular flexibility index (Phi) is 4.71. The zero-order chi connectivity index (χ0) is 17.1. The number of anilines is 1. The van der Waals surface area contributed by atoms with Crippen molar-refractivity contribution in [2.24, 2.45) is 0 Å². The van der Waals surface area contributed by atoms with Crippen LogP contribution in [0, 0.1) is 0 Å². The van der Waals surface area contributed by atoms with Gasteiger partial charge in [0.25, 0.3) is 5.91 Å². The molecule has 0 fully saturated rings. The molecule has 1 N–H and O–H groups in total. The maximum atomic E-state index is 12.5. The highest BCUT2D eigenvalue weighted by atomic mass is 35.5. The van der Waals surface area contributed by atoms with Crippen LogP contribution in [0.15, 0.2) is 42.5 Å². The average Bonchev–Trinajstić information content (AvgIpc) is 2.57. The molecular formula is C18H16ClNO4. The molecule has 0 bridgehead atoms. The summed E-state index contributed by atoms with van der Waals surface area (Å²) in [4.78, 5) is 24.6. The van der Waals surface area contributed by atoms with Gasteiger partial charge in [-0.05, 0) is 36.8 Å². The van der Waals surface area contributed by atoms with Gasteiger partial charge in [-0.1, -0.05) is 29.8 Å². The summed E-state index contributed by atoms with van der Waals surface area (Å²) in [6.45, 7) is 2.35. The van der Waals surface area contributed by atoms with E-state index in [0.29, 0.717) is 35.1 Å². The van der Waals surface area contributed by atoms with Gasteiger partial charge in [0.1, 0.15) is 5.75 Å². The molecule has 1 amide bonds. The van der Waals surface area contributed by atoms with Gasteiger partial charge in [0, 0.05) is 11.4 Å². The number of benzene rings is 2. The molecule has 3 rings (SSSR count). The summed E-state index contributed by atoms with van der Waals surface area (Å²) in [6, 6.07) is 12.1. The van der Waals surface area contributed by atoms with E-state index in [2.05, 4.69) is 5.32 Å². The van der Waals surface area contributed by atoms with Gasteiger partial charge in [0.05, 0.1) is 17.9 Å². The van der Waals surface area contributed by atoms with Crippen LogP contribution in [0.4, 0.5) is 5.69 Å². The van der Waals surface area contributed by atoms with E-state index in [4.69, 9.17) is 21.1 Å². The summed E-state index contributed by atoms with van der Waals surface area (Å²) in [5.74, 6) is -0.365. The van der Waals surface area contributed by atoms with Gasteiger partial charge < -0.3 is 14.8 Å². The average molecular weight is 346 g/mol. The van der Waals surface area contributed by atoms with Crippen molar-refractivity contribution in [1.29, 1.82) is 0 Å². The van der Waals surface area contributed by atoms with Crippen LogP contribution in [0.1, 0.15) is 22.8 Å². The Bertz CT molecular complexity index is 790. The van der Waals surface area contributed by atoms with Crippen molar-refractivity contribution < 1.29 is 19.1 Å². The van der Waals surface area contributed by atoms with Crippen molar-refractivity contribution in [2.45, 2.75) is 19.4 Å². The van der Waals surface area contributed by atoms with Crippen molar-refractivity contribution in [2.75, 3.05) is 11.9 Å². The smallest absolute Gasteiger partial charge is 0.339 e. The Hall–Kier alpha value is -2.53. The number of nitrogens with one attached hydrogen (secondary N) is 1. The number of para-hydroxylation sites is 2. The predicted octanol–water partition coefficient (Wildman–Crippen LogP) is 3.46. The molecule has 0 saturated heterocycles. The van der Waals surface area contributed by atoms with Crippen LogP contribution >= 0.6 is 11.6 Å². The number of rotatable bonds is 4. The molecule has 0 aromatic heterocycles. The Balaban J connectivity index is 1.77. The summed E-state index contributed by atoms with van der Waals surface area (Å²) in [5, 5.41) is 3.22. The SMILES string of the molecule is CCOc1ccccc1NC(=O)[C@H]1Cc2ccc(Cl)cc2C(=O)O1. The molecular weight excluding hydrogens is 330 g/mol. The molecule has 1 atom stereocenters. The number of cyclic esters (lactones) is 1. The summed E-state index contributed by atoms with van der Waals surface area (Å²) in [6.07, 6.45) is -0.582. The zero-order valence-corrected chi connectivity index (χ0v) is 13.8. The van der Waals surface area contributed by atoms with Crippen LogP contribution in [0.3, 0.4) is 0 Å². The van der Waals surface area contributed by atoms with Gasteiger partial charge in [-0.3, -0.25) is 4.79 Å². The van der Waals surface area contributed by atoms with Gasteiger partial charge in [-0.25, -0.2) is 4.79 Å². The number of amides is 1. The minimum atomic E-state index is -0.888. The minimum absolute atomic E-state index is 0.306. The number of hydrogen-bond acceptors (Lipinski definition) is 4. The van der Waals surface area contributed by atoms with E-state index in [-0.39, 0.29) is 0 Å². The third-order valence-electron chi connectivity index (χ3n) is 3.68. The molecule has 6 heteroatoms. The van der Waals surface area contributed by atoms with Gasteiger partial charge in [-0.15, -0.1) is 0 Å². The first-order chi connectivity index (χ1) is 11.6. The summed E-state index contributed by atoms with van der Waals surface area (Å²) in [5.41, 5.74) is 1.69. The van der Waals surface area contributed by atoms with E-state index < -0.39 is 18.0 Å². The summed E-state index contributed by atoms with van der Waals surface area (Å²) >= 11 is 5.89. The third kappa shape index (κ3) is 3.36. The van der Waals surface area contributed by atoms with Crippen LogP contribution in [-0.4, -0.2) is 24.6 Å². The first-order valence-electron chi connectivity index (χ1n) is 7.60. The number of hydrogen-bond donors (Lipinski definition) is 1. The van der Waals surface area contributed by atoms with Crippen LogP contribution in [0.2, 0.25) is 5.02 Å². The number of fused-ring (bicyclic) bond motifs is 1. The molecule has 0 saturated carbocycles. The molecule has 0 radical (unpaired) electrons. The molecule has 1 heterocycles. The van der Waals surface area contributed by atoms with Crippen LogP contribution in [0.5, 0.6) is 5.75 Å². The van der Waals surface area contributed by atoms with E-state index in [9.17, 15) is 9.59 Å². The van der Waals surface area contributed by atoms with Crippen molar-refractivity contribution in [3.63, 3.8) is 0 Å². The molecule has 2 aromatic carbocycles. The number of carbonyl (C=O) groups excluding carboxylic acids is 2. The summed E-state index contributed by atoms with van der Waals surface area (Å²) in [7, 11) is 0. The molecule has 1 aliphatic heterocycles. The first kappa shape index (κ1) is 16.3. The quantitative estimate of drug-likeness (QED) is 0.862. The van der Waals surface area contributed by atoms with Crippen LogP contribution in [-0.2, 0) is 16.0 Å². The molecule has 0 spiro atoms. The lowest BCUT2D eigenvalue weighted by molar-refractivity contribution is -0.125. The standard InChI is InChI=1S/C18H16ClNO4/c1-2-23-15-6-4-3-5-14(15)20-17(21)16-9-11-7-8-12(19)10-13(11)18(22)24-16/h3-8,10,16H,2,9H2,1H3,(H,20,21)/t16-/m1/s1. The monoisotopic (exact) mass is 345 g/mol. The highest BCUT2D eigenvalue weighted by Gasteiger charge is 2.31. The van der Waals surface area contributed by atoms with E-state index in [0.717, 1.165) is 5.56 Å². The van der Waals surface area contributed by atoms with E-state index in [1.807, 2.05) is 13.0 Å². The molecule has 1 aliphatic rings. The lowest BCUT2D eigenvalue weighted by Gasteiger charge is -2.24. The Morgan fingerprint density at radius 2 is 2.12 bits per heavy atom. The molecule has 0 unspecified atom stereocenters. The normalized spacial score (nSPS) is 16.1.